The molecule has 1 aliphatic rings. The number of hydrogen-bond donors (Lipinski definition) is 0. The molecule has 1 fully saturated rings. The summed E-state index contributed by atoms with van der Waals surface area (Å²) in [4.78, 5) is 0. The minimum Gasteiger partial charge on any atom is -0.376 e. The monoisotopic (exact) mass is 247 g/mol. The van der Waals surface area contributed by atoms with Gasteiger partial charge in [0.25, 0.3) is 10.0 Å². The molecule has 0 amide bonds. The van der Waals surface area contributed by atoms with E-state index < -0.39 is 10.0 Å². The van der Waals surface area contributed by atoms with Gasteiger partial charge in [0.1, 0.15) is 4.21 Å². The summed E-state index contributed by atoms with van der Waals surface area (Å²) in [5, 5.41) is 1.77. The average molecular weight is 247 g/mol. The van der Waals surface area contributed by atoms with Gasteiger partial charge < -0.3 is 4.74 Å². The van der Waals surface area contributed by atoms with Crippen LogP contribution in [-0.4, -0.2) is 38.5 Å². The Bertz CT molecular complexity index is 413. The lowest BCUT2D eigenvalue weighted by Gasteiger charge is -2.29. The van der Waals surface area contributed by atoms with Crippen molar-refractivity contribution in [2.45, 2.75) is 17.2 Å². The lowest BCUT2D eigenvalue weighted by Crippen LogP contribution is -2.44. The highest BCUT2D eigenvalue weighted by Gasteiger charge is 2.29. The molecule has 4 nitrogen and oxygen atoms in total. The Kier molecular flexibility index (Phi) is 3.11. The summed E-state index contributed by atoms with van der Waals surface area (Å²) in [6.07, 6.45) is -0.0199. The summed E-state index contributed by atoms with van der Waals surface area (Å²) < 4.78 is 31.4. The maximum absolute atomic E-state index is 12.1. The molecule has 1 aromatic rings. The van der Waals surface area contributed by atoms with Gasteiger partial charge in [0, 0.05) is 13.1 Å². The second-order valence-electron chi connectivity index (χ2n) is 3.48. The first-order valence-corrected chi connectivity index (χ1v) is 7.08. The number of nitrogens with zero attached hydrogens (tertiary/aromatic N) is 1. The van der Waals surface area contributed by atoms with Crippen molar-refractivity contribution >= 4 is 21.4 Å². The van der Waals surface area contributed by atoms with E-state index in [1.165, 1.54) is 15.6 Å². The van der Waals surface area contributed by atoms with Crippen molar-refractivity contribution in [1.29, 1.82) is 0 Å². The average Bonchev–Trinajstić information content (AvgIpc) is 2.71. The zero-order valence-electron chi connectivity index (χ0n) is 8.42. The van der Waals surface area contributed by atoms with Crippen LogP contribution in [0.2, 0.25) is 0 Å². The molecule has 15 heavy (non-hydrogen) atoms. The molecule has 6 heteroatoms. The van der Waals surface area contributed by atoms with E-state index in [1.54, 1.807) is 17.5 Å². The number of sulfonamides is 1. The molecule has 0 N–H and O–H groups in total. The second-order valence-corrected chi connectivity index (χ2v) is 6.59. The van der Waals surface area contributed by atoms with Crippen LogP contribution in [0.3, 0.4) is 0 Å². The maximum Gasteiger partial charge on any atom is 0.252 e. The predicted octanol–water partition coefficient (Wildman–Crippen LogP) is 1.16. The lowest BCUT2D eigenvalue weighted by molar-refractivity contribution is 0.0102. The molecule has 0 unspecified atom stereocenters. The molecule has 1 atom stereocenters. The van der Waals surface area contributed by atoms with Gasteiger partial charge >= 0.3 is 0 Å². The lowest BCUT2D eigenvalue weighted by atomic mass is 10.3. The second kappa shape index (κ2) is 4.21. The molecule has 2 heterocycles. The zero-order chi connectivity index (χ0) is 10.9. The van der Waals surface area contributed by atoms with E-state index in [9.17, 15) is 8.42 Å². The Hall–Kier alpha value is -0.430. The molecule has 0 radical (unpaired) electrons. The smallest absolute Gasteiger partial charge is 0.252 e. The van der Waals surface area contributed by atoms with Crippen molar-refractivity contribution in [2.75, 3.05) is 19.7 Å². The molecule has 0 aliphatic carbocycles. The third-order valence-electron chi connectivity index (χ3n) is 2.29. The first-order valence-electron chi connectivity index (χ1n) is 4.76. The highest BCUT2D eigenvalue weighted by Crippen LogP contribution is 2.22. The SMILES string of the molecule is C[C@@H]1CN(S(=O)(=O)c2cccs2)CCO1. The number of morpholine rings is 1. The molecule has 1 aliphatic heterocycles. The van der Waals surface area contributed by atoms with Gasteiger partial charge in [0.15, 0.2) is 0 Å². The van der Waals surface area contributed by atoms with Crippen molar-refractivity contribution in [3.8, 4) is 0 Å². The molecule has 0 saturated carbocycles. The van der Waals surface area contributed by atoms with E-state index in [0.29, 0.717) is 23.9 Å². The van der Waals surface area contributed by atoms with Crippen LogP contribution in [0.1, 0.15) is 6.92 Å². The molecule has 1 aromatic heterocycles. The first-order chi connectivity index (χ1) is 7.10. The summed E-state index contributed by atoms with van der Waals surface area (Å²) in [6.45, 7) is 3.26. The zero-order valence-corrected chi connectivity index (χ0v) is 10.1. The Labute approximate surface area is 93.5 Å². The Morgan fingerprint density at radius 3 is 3.00 bits per heavy atom. The third kappa shape index (κ3) is 2.23. The number of ether oxygens (including phenoxy) is 1. The molecule has 84 valence electrons. The fraction of sp³-hybridized carbons (Fsp3) is 0.556. The highest BCUT2D eigenvalue weighted by molar-refractivity contribution is 7.91. The van der Waals surface area contributed by atoms with E-state index in [-0.39, 0.29) is 6.10 Å². The largest absolute Gasteiger partial charge is 0.376 e. The van der Waals surface area contributed by atoms with Crippen LogP contribution in [0.25, 0.3) is 0 Å². The van der Waals surface area contributed by atoms with Gasteiger partial charge in [0.2, 0.25) is 0 Å². The normalized spacial score (nSPS) is 24.2. The molecule has 2 rings (SSSR count). The van der Waals surface area contributed by atoms with Crippen molar-refractivity contribution in [2.24, 2.45) is 0 Å². The number of rotatable bonds is 2. The third-order valence-corrected chi connectivity index (χ3v) is 5.53. The van der Waals surface area contributed by atoms with Crippen LogP contribution in [0.15, 0.2) is 21.7 Å². The molecule has 1 saturated heterocycles. The minimum absolute atomic E-state index is 0.0199. The highest BCUT2D eigenvalue weighted by atomic mass is 32.2. The van der Waals surface area contributed by atoms with Gasteiger partial charge in [0.05, 0.1) is 12.7 Å². The van der Waals surface area contributed by atoms with Crippen LogP contribution in [-0.2, 0) is 14.8 Å². The quantitative estimate of drug-likeness (QED) is 0.788. The van der Waals surface area contributed by atoms with E-state index >= 15 is 0 Å². The van der Waals surface area contributed by atoms with Crippen molar-refractivity contribution in [3.63, 3.8) is 0 Å². The first kappa shape index (κ1) is 11.1. The predicted molar refractivity (Wildman–Crippen MR) is 58.5 cm³/mol. The molecular formula is C9H13NO3S2. The Balaban J connectivity index is 2.22. The van der Waals surface area contributed by atoms with E-state index in [1.807, 2.05) is 6.92 Å². The fourth-order valence-corrected chi connectivity index (χ4v) is 4.19. The number of thiophene rings is 1. The van der Waals surface area contributed by atoms with Crippen molar-refractivity contribution in [1.82, 2.24) is 4.31 Å². The van der Waals surface area contributed by atoms with E-state index in [2.05, 4.69) is 0 Å². The van der Waals surface area contributed by atoms with Crippen molar-refractivity contribution < 1.29 is 13.2 Å². The molecule has 0 aromatic carbocycles. The molecule has 0 spiro atoms. The van der Waals surface area contributed by atoms with Crippen LogP contribution in [0.4, 0.5) is 0 Å². The van der Waals surface area contributed by atoms with Crippen molar-refractivity contribution in [3.05, 3.63) is 17.5 Å². The van der Waals surface area contributed by atoms with Crippen LogP contribution >= 0.6 is 11.3 Å². The minimum atomic E-state index is -3.28. The number of hydrogen-bond acceptors (Lipinski definition) is 4. The summed E-state index contributed by atoms with van der Waals surface area (Å²) in [7, 11) is -3.28. The molecular weight excluding hydrogens is 234 g/mol. The van der Waals surface area contributed by atoms with E-state index in [0.717, 1.165) is 0 Å². The summed E-state index contributed by atoms with van der Waals surface area (Å²) in [5.74, 6) is 0. The van der Waals surface area contributed by atoms with Crippen LogP contribution in [0.5, 0.6) is 0 Å². The van der Waals surface area contributed by atoms with Gasteiger partial charge in [-0.05, 0) is 18.4 Å². The van der Waals surface area contributed by atoms with Crippen LogP contribution < -0.4 is 0 Å². The summed E-state index contributed by atoms with van der Waals surface area (Å²) >= 11 is 1.25. The van der Waals surface area contributed by atoms with Crippen LogP contribution in [0, 0.1) is 0 Å². The fourth-order valence-electron chi connectivity index (χ4n) is 1.54. The van der Waals surface area contributed by atoms with Gasteiger partial charge in [-0.3, -0.25) is 0 Å². The summed E-state index contributed by atoms with van der Waals surface area (Å²) in [6, 6.07) is 3.39. The van der Waals surface area contributed by atoms with Gasteiger partial charge in [-0.2, -0.15) is 4.31 Å². The van der Waals surface area contributed by atoms with Gasteiger partial charge in [-0.25, -0.2) is 8.42 Å². The van der Waals surface area contributed by atoms with Gasteiger partial charge in [-0.1, -0.05) is 6.07 Å². The Morgan fingerprint density at radius 1 is 1.60 bits per heavy atom. The summed E-state index contributed by atoms with van der Waals surface area (Å²) in [5.41, 5.74) is 0. The standard InChI is InChI=1S/C9H13NO3S2/c1-8-7-10(4-5-13-8)15(11,12)9-3-2-6-14-9/h2-3,6,8H,4-5,7H2,1H3/t8-/m1/s1. The van der Waals surface area contributed by atoms with Gasteiger partial charge in [-0.15, -0.1) is 11.3 Å². The Morgan fingerprint density at radius 2 is 2.40 bits per heavy atom. The molecule has 0 bridgehead atoms. The topological polar surface area (TPSA) is 46.6 Å². The van der Waals surface area contributed by atoms with E-state index in [4.69, 9.17) is 4.74 Å². The maximum atomic E-state index is 12.1.